The van der Waals surface area contributed by atoms with E-state index in [1.165, 1.54) is 0 Å². The van der Waals surface area contributed by atoms with Crippen LogP contribution in [-0.4, -0.2) is 51.3 Å². The molecule has 0 saturated carbocycles. The molecule has 1 amide bonds. The van der Waals surface area contributed by atoms with E-state index >= 15 is 0 Å². The fourth-order valence-electron chi connectivity index (χ4n) is 1.77. The van der Waals surface area contributed by atoms with Crippen molar-refractivity contribution in [3.63, 3.8) is 0 Å². The molecule has 0 fully saturated rings. The van der Waals surface area contributed by atoms with Crippen LogP contribution in [0.2, 0.25) is 0 Å². The average Bonchev–Trinajstić information content (AvgIpc) is 2.55. The van der Waals surface area contributed by atoms with Crippen LogP contribution in [0.4, 0.5) is 0 Å². The van der Waals surface area contributed by atoms with E-state index < -0.39 is 0 Å². The highest BCUT2D eigenvalue weighted by Gasteiger charge is 2.04. The maximum absolute atomic E-state index is 12.0. The molecule has 0 aliphatic carbocycles. The average molecular weight is 513 g/mol. The van der Waals surface area contributed by atoms with Crippen molar-refractivity contribution in [1.82, 2.24) is 16.0 Å². The van der Waals surface area contributed by atoms with Crippen molar-refractivity contribution in [2.45, 2.75) is 13.8 Å². The summed E-state index contributed by atoms with van der Waals surface area (Å²) in [5, 5.41) is 9.19. The number of rotatable bonds is 9. The Bertz CT molecular complexity index is 497. The van der Waals surface area contributed by atoms with Crippen LogP contribution in [0.15, 0.2) is 33.7 Å². The normalized spacial score (nSPS) is 10.7. The molecule has 0 aromatic heterocycles. The van der Waals surface area contributed by atoms with Crippen molar-refractivity contribution in [3.8, 4) is 0 Å². The first-order valence-corrected chi connectivity index (χ1v) is 8.60. The van der Waals surface area contributed by atoms with E-state index in [0.29, 0.717) is 38.4 Å². The summed E-state index contributed by atoms with van der Waals surface area (Å²) in [4.78, 5) is 16.3. The summed E-state index contributed by atoms with van der Waals surface area (Å²) in [7, 11) is 0. The van der Waals surface area contributed by atoms with Crippen LogP contribution in [-0.2, 0) is 4.74 Å². The zero-order chi connectivity index (χ0) is 16.9. The first kappa shape index (κ1) is 23.1. The van der Waals surface area contributed by atoms with Crippen molar-refractivity contribution in [2.75, 3.05) is 39.4 Å². The highest BCUT2D eigenvalue weighted by molar-refractivity contribution is 14.0. The molecule has 1 aromatic carbocycles. The van der Waals surface area contributed by atoms with Crippen molar-refractivity contribution < 1.29 is 9.53 Å². The van der Waals surface area contributed by atoms with Crippen LogP contribution < -0.4 is 16.0 Å². The van der Waals surface area contributed by atoms with Crippen LogP contribution in [0.5, 0.6) is 0 Å². The number of nitrogens with one attached hydrogen (secondary N) is 3. The van der Waals surface area contributed by atoms with Gasteiger partial charge in [-0.2, -0.15) is 0 Å². The van der Waals surface area contributed by atoms with Crippen LogP contribution in [0.1, 0.15) is 24.2 Å². The van der Waals surface area contributed by atoms with Gasteiger partial charge in [-0.3, -0.25) is 9.79 Å². The van der Waals surface area contributed by atoms with Gasteiger partial charge in [-0.1, -0.05) is 15.9 Å². The van der Waals surface area contributed by atoms with Gasteiger partial charge in [0.25, 0.3) is 5.91 Å². The molecule has 0 unspecified atom stereocenters. The summed E-state index contributed by atoms with van der Waals surface area (Å²) in [6.07, 6.45) is 0. The van der Waals surface area contributed by atoms with E-state index in [-0.39, 0.29) is 29.9 Å². The number of carbonyl (C=O) groups is 1. The molecule has 0 radical (unpaired) electrons. The summed E-state index contributed by atoms with van der Waals surface area (Å²) in [5.74, 6) is 0.641. The summed E-state index contributed by atoms with van der Waals surface area (Å²) < 4.78 is 6.21. The molecular formula is C16H26BrIN4O2. The topological polar surface area (TPSA) is 74.8 Å². The van der Waals surface area contributed by atoms with Crippen LogP contribution >= 0.6 is 39.9 Å². The van der Waals surface area contributed by atoms with Gasteiger partial charge in [0.15, 0.2) is 5.96 Å². The largest absolute Gasteiger partial charge is 0.380 e. The molecule has 0 atom stereocenters. The molecule has 3 N–H and O–H groups in total. The molecule has 24 heavy (non-hydrogen) atoms. The molecule has 8 heteroatoms. The summed E-state index contributed by atoms with van der Waals surface area (Å²) in [5.41, 5.74) is 0.644. The van der Waals surface area contributed by atoms with E-state index in [2.05, 4.69) is 36.9 Å². The number of amides is 1. The highest BCUT2D eigenvalue weighted by atomic mass is 127. The third-order valence-corrected chi connectivity index (χ3v) is 3.39. The van der Waals surface area contributed by atoms with Crippen molar-refractivity contribution in [1.29, 1.82) is 0 Å². The minimum absolute atomic E-state index is 0. The monoisotopic (exact) mass is 512 g/mol. The van der Waals surface area contributed by atoms with E-state index in [9.17, 15) is 4.79 Å². The predicted molar refractivity (Wildman–Crippen MR) is 112 cm³/mol. The fourth-order valence-corrected chi connectivity index (χ4v) is 2.03. The molecule has 0 aliphatic heterocycles. The van der Waals surface area contributed by atoms with Crippen LogP contribution in [0.25, 0.3) is 0 Å². The Hall–Kier alpha value is -0.870. The van der Waals surface area contributed by atoms with Crippen LogP contribution in [0, 0.1) is 0 Å². The van der Waals surface area contributed by atoms with Gasteiger partial charge in [-0.05, 0) is 38.1 Å². The number of carbonyl (C=O) groups excluding carboxylic acids is 1. The number of guanidine groups is 1. The molecule has 0 spiro atoms. The second-order valence-electron chi connectivity index (χ2n) is 4.65. The van der Waals surface area contributed by atoms with Gasteiger partial charge < -0.3 is 20.7 Å². The Balaban J connectivity index is 0.00000529. The number of aliphatic imine (C=N–C) groups is 1. The molecule has 0 heterocycles. The van der Waals surface area contributed by atoms with Gasteiger partial charge >= 0.3 is 0 Å². The quantitative estimate of drug-likeness (QED) is 0.205. The Morgan fingerprint density at radius 3 is 2.42 bits per heavy atom. The van der Waals surface area contributed by atoms with Gasteiger partial charge in [0, 0.05) is 36.3 Å². The maximum atomic E-state index is 12.0. The van der Waals surface area contributed by atoms with Gasteiger partial charge in [-0.25, -0.2) is 0 Å². The SMILES string of the molecule is CCNC(=NCCOCC)NCCNC(=O)c1ccc(Br)cc1.I. The summed E-state index contributed by atoms with van der Waals surface area (Å²) in [6, 6.07) is 7.27. The highest BCUT2D eigenvalue weighted by Crippen LogP contribution is 2.10. The first-order chi connectivity index (χ1) is 11.2. The Morgan fingerprint density at radius 1 is 1.12 bits per heavy atom. The lowest BCUT2D eigenvalue weighted by atomic mass is 10.2. The maximum Gasteiger partial charge on any atom is 0.251 e. The summed E-state index contributed by atoms with van der Waals surface area (Å²) >= 11 is 3.35. The van der Waals surface area contributed by atoms with Gasteiger partial charge in [0.05, 0.1) is 13.2 Å². The lowest BCUT2D eigenvalue weighted by molar-refractivity contribution is 0.0954. The molecule has 1 rings (SSSR count). The van der Waals surface area contributed by atoms with E-state index in [4.69, 9.17) is 4.74 Å². The van der Waals surface area contributed by atoms with Crippen LogP contribution in [0.3, 0.4) is 0 Å². The Labute approximate surface area is 169 Å². The second-order valence-corrected chi connectivity index (χ2v) is 5.56. The second kappa shape index (κ2) is 14.5. The summed E-state index contributed by atoms with van der Waals surface area (Å²) in [6.45, 7) is 7.78. The zero-order valence-corrected chi connectivity index (χ0v) is 18.0. The number of benzene rings is 1. The number of nitrogens with zero attached hydrogens (tertiary/aromatic N) is 1. The third-order valence-electron chi connectivity index (χ3n) is 2.86. The third kappa shape index (κ3) is 10.1. The van der Waals surface area contributed by atoms with E-state index in [1.54, 1.807) is 12.1 Å². The molecule has 136 valence electrons. The molecule has 0 saturated heterocycles. The minimum Gasteiger partial charge on any atom is -0.380 e. The standard InChI is InChI=1S/C16H25BrN4O2.HI/c1-3-18-16(21-11-12-23-4-2)20-10-9-19-15(22)13-5-7-14(17)8-6-13;/h5-8H,3-4,9-12H2,1-2H3,(H,19,22)(H2,18,20,21);1H. The number of ether oxygens (including phenoxy) is 1. The zero-order valence-electron chi connectivity index (χ0n) is 14.1. The molecule has 6 nitrogen and oxygen atoms in total. The number of hydrogen-bond donors (Lipinski definition) is 3. The molecule has 1 aromatic rings. The van der Waals surface area contributed by atoms with Crippen molar-refractivity contribution in [2.24, 2.45) is 4.99 Å². The Kier molecular flexibility index (Phi) is 13.9. The molecule has 0 bridgehead atoms. The minimum atomic E-state index is -0.0856. The number of halogens is 2. The lowest BCUT2D eigenvalue weighted by Gasteiger charge is -2.12. The Morgan fingerprint density at radius 2 is 1.79 bits per heavy atom. The van der Waals surface area contributed by atoms with Crippen molar-refractivity contribution in [3.05, 3.63) is 34.3 Å². The van der Waals surface area contributed by atoms with Crippen molar-refractivity contribution >= 4 is 51.8 Å². The van der Waals surface area contributed by atoms with Gasteiger partial charge in [0.1, 0.15) is 0 Å². The molecule has 0 aliphatic rings. The number of hydrogen-bond acceptors (Lipinski definition) is 3. The lowest BCUT2D eigenvalue weighted by Crippen LogP contribution is -2.41. The molecular weight excluding hydrogens is 487 g/mol. The fraction of sp³-hybridized carbons (Fsp3) is 0.500. The predicted octanol–water partition coefficient (Wildman–Crippen LogP) is 2.39. The smallest absolute Gasteiger partial charge is 0.251 e. The van der Waals surface area contributed by atoms with Gasteiger partial charge in [0.2, 0.25) is 0 Å². The van der Waals surface area contributed by atoms with Gasteiger partial charge in [-0.15, -0.1) is 24.0 Å². The van der Waals surface area contributed by atoms with E-state index in [0.717, 1.165) is 17.0 Å². The van der Waals surface area contributed by atoms with E-state index in [1.807, 2.05) is 26.0 Å². The first-order valence-electron chi connectivity index (χ1n) is 7.81.